The van der Waals surface area contributed by atoms with E-state index in [-0.39, 0.29) is 5.69 Å². The SMILES string of the molecule is Fc1cc(F)cc(Nc2nc(Br)cn3ccnc23)c1. The Morgan fingerprint density at radius 3 is 2.63 bits per heavy atom. The number of anilines is 2. The molecular weight excluding hydrogens is 318 g/mol. The van der Waals surface area contributed by atoms with E-state index in [4.69, 9.17) is 0 Å². The molecule has 1 aromatic carbocycles. The summed E-state index contributed by atoms with van der Waals surface area (Å²) in [6.07, 6.45) is 5.10. The van der Waals surface area contributed by atoms with Crippen LogP contribution in [0.4, 0.5) is 20.3 Å². The molecule has 3 aromatic rings. The summed E-state index contributed by atoms with van der Waals surface area (Å²) >= 11 is 3.26. The lowest BCUT2D eigenvalue weighted by Crippen LogP contribution is -1.99. The van der Waals surface area contributed by atoms with Gasteiger partial charge in [0, 0.05) is 30.3 Å². The zero-order valence-corrected chi connectivity index (χ0v) is 11.0. The first kappa shape index (κ1) is 12.0. The Bertz CT molecular complexity index is 736. The minimum atomic E-state index is -0.656. The van der Waals surface area contributed by atoms with Crippen molar-refractivity contribution in [3.63, 3.8) is 0 Å². The summed E-state index contributed by atoms with van der Waals surface area (Å²) in [6, 6.07) is 3.18. The summed E-state index contributed by atoms with van der Waals surface area (Å²) in [5, 5.41) is 2.85. The summed E-state index contributed by atoms with van der Waals surface area (Å²) < 4.78 is 28.6. The highest BCUT2D eigenvalue weighted by Crippen LogP contribution is 2.22. The van der Waals surface area contributed by atoms with Gasteiger partial charge in [0.05, 0.1) is 0 Å². The van der Waals surface area contributed by atoms with Gasteiger partial charge in [-0.3, -0.25) is 0 Å². The Hall–Kier alpha value is -2.02. The van der Waals surface area contributed by atoms with Gasteiger partial charge in [-0.15, -0.1) is 0 Å². The van der Waals surface area contributed by atoms with Crippen molar-refractivity contribution in [2.24, 2.45) is 0 Å². The van der Waals surface area contributed by atoms with Crippen molar-refractivity contribution in [1.29, 1.82) is 0 Å². The molecule has 0 radical (unpaired) electrons. The molecule has 7 heteroatoms. The van der Waals surface area contributed by atoms with Crippen LogP contribution < -0.4 is 5.32 Å². The Labute approximate surface area is 115 Å². The van der Waals surface area contributed by atoms with E-state index in [1.54, 1.807) is 23.0 Å². The minimum Gasteiger partial charge on any atom is -0.337 e. The molecule has 0 amide bonds. The maximum absolute atomic E-state index is 13.1. The molecule has 96 valence electrons. The lowest BCUT2D eigenvalue weighted by Gasteiger charge is -2.08. The maximum atomic E-state index is 13.1. The fraction of sp³-hybridized carbons (Fsp3) is 0. The first-order valence-corrected chi connectivity index (χ1v) is 6.13. The third-order valence-electron chi connectivity index (χ3n) is 2.47. The van der Waals surface area contributed by atoms with E-state index in [2.05, 4.69) is 31.2 Å². The molecule has 2 aromatic heterocycles. The van der Waals surface area contributed by atoms with Crippen molar-refractivity contribution >= 4 is 33.1 Å². The quantitative estimate of drug-likeness (QED) is 0.784. The number of benzene rings is 1. The van der Waals surface area contributed by atoms with Gasteiger partial charge in [-0.25, -0.2) is 18.7 Å². The predicted octanol–water partition coefficient (Wildman–Crippen LogP) is 3.51. The van der Waals surface area contributed by atoms with Crippen LogP contribution in [0, 0.1) is 11.6 Å². The second-order valence-corrected chi connectivity index (χ2v) is 4.67. The molecule has 1 N–H and O–H groups in total. The standard InChI is InChI=1S/C12H7BrF2N4/c13-10-6-19-2-1-16-12(19)11(18-10)17-9-4-7(14)3-8(15)5-9/h1-6H,(H,17,18). The highest BCUT2D eigenvalue weighted by Gasteiger charge is 2.08. The van der Waals surface area contributed by atoms with Crippen LogP contribution in [0.25, 0.3) is 5.65 Å². The summed E-state index contributed by atoms with van der Waals surface area (Å²) in [4.78, 5) is 8.34. The molecule has 3 rings (SSSR count). The Kier molecular flexibility index (Phi) is 2.90. The molecule has 0 aliphatic heterocycles. The highest BCUT2D eigenvalue weighted by molar-refractivity contribution is 9.10. The number of hydrogen-bond acceptors (Lipinski definition) is 3. The lowest BCUT2D eigenvalue weighted by molar-refractivity contribution is 0.584. The van der Waals surface area contributed by atoms with E-state index in [1.807, 2.05) is 0 Å². The fourth-order valence-electron chi connectivity index (χ4n) is 1.75. The molecule has 0 fully saturated rings. The number of rotatable bonds is 2. The molecule has 0 unspecified atom stereocenters. The number of nitrogens with zero attached hydrogens (tertiary/aromatic N) is 3. The molecule has 0 aliphatic rings. The van der Waals surface area contributed by atoms with Crippen LogP contribution in [0.5, 0.6) is 0 Å². The van der Waals surface area contributed by atoms with Crippen LogP contribution in [0.15, 0.2) is 41.4 Å². The first-order chi connectivity index (χ1) is 9.11. The maximum Gasteiger partial charge on any atom is 0.180 e. The smallest absolute Gasteiger partial charge is 0.180 e. The van der Waals surface area contributed by atoms with Crippen LogP contribution in [-0.4, -0.2) is 14.4 Å². The summed E-state index contributed by atoms with van der Waals surface area (Å²) in [5.74, 6) is -0.905. The fourth-order valence-corrected chi connectivity index (χ4v) is 2.15. The van der Waals surface area contributed by atoms with Crippen LogP contribution in [0.1, 0.15) is 0 Å². The van der Waals surface area contributed by atoms with Crippen LogP contribution in [0.3, 0.4) is 0 Å². The molecule has 19 heavy (non-hydrogen) atoms. The van der Waals surface area contributed by atoms with E-state index in [9.17, 15) is 8.78 Å². The van der Waals surface area contributed by atoms with Crippen molar-refractivity contribution in [3.05, 3.63) is 53.0 Å². The lowest BCUT2D eigenvalue weighted by atomic mass is 10.3. The number of aromatic nitrogens is 3. The minimum absolute atomic E-state index is 0.271. The average molecular weight is 325 g/mol. The molecule has 0 spiro atoms. The van der Waals surface area contributed by atoms with Gasteiger partial charge in [-0.05, 0) is 28.1 Å². The van der Waals surface area contributed by atoms with Crippen LogP contribution >= 0.6 is 15.9 Å². The Morgan fingerprint density at radius 2 is 1.89 bits per heavy atom. The van der Waals surface area contributed by atoms with Gasteiger partial charge in [0.15, 0.2) is 11.5 Å². The highest BCUT2D eigenvalue weighted by atomic mass is 79.9. The van der Waals surface area contributed by atoms with Gasteiger partial charge < -0.3 is 9.72 Å². The molecule has 0 atom stereocenters. The molecule has 0 saturated heterocycles. The van der Waals surface area contributed by atoms with Gasteiger partial charge in [-0.1, -0.05) is 0 Å². The monoisotopic (exact) mass is 324 g/mol. The number of halogens is 3. The van der Waals surface area contributed by atoms with E-state index >= 15 is 0 Å². The number of imidazole rings is 1. The van der Waals surface area contributed by atoms with Gasteiger partial charge in [0.1, 0.15) is 16.2 Å². The average Bonchev–Trinajstić information content (AvgIpc) is 2.75. The number of fused-ring (bicyclic) bond motifs is 1. The van der Waals surface area contributed by atoms with Crippen molar-refractivity contribution in [3.8, 4) is 0 Å². The Morgan fingerprint density at radius 1 is 1.16 bits per heavy atom. The van der Waals surface area contributed by atoms with Crippen molar-refractivity contribution in [1.82, 2.24) is 14.4 Å². The summed E-state index contributed by atoms with van der Waals surface area (Å²) in [7, 11) is 0. The molecular formula is C12H7BrF2N4. The Balaban J connectivity index is 2.07. The topological polar surface area (TPSA) is 42.2 Å². The van der Waals surface area contributed by atoms with E-state index in [0.29, 0.717) is 16.1 Å². The third kappa shape index (κ3) is 2.41. The summed E-state index contributed by atoms with van der Waals surface area (Å²) in [5.41, 5.74) is 0.834. The second-order valence-electron chi connectivity index (χ2n) is 3.85. The first-order valence-electron chi connectivity index (χ1n) is 5.34. The van der Waals surface area contributed by atoms with E-state index in [1.165, 1.54) is 12.1 Å². The molecule has 2 heterocycles. The van der Waals surface area contributed by atoms with Gasteiger partial charge in [-0.2, -0.15) is 0 Å². The van der Waals surface area contributed by atoms with Crippen molar-refractivity contribution in [2.75, 3.05) is 5.32 Å². The van der Waals surface area contributed by atoms with Gasteiger partial charge in [0.25, 0.3) is 0 Å². The van der Waals surface area contributed by atoms with Crippen molar-refractivity contribution in [2.45, 2.75) is 0 Å². The second kappa shape index (κ2) is 4.58. The third-order valence-corrected chi connectivity index (χ3v) is 2.85. The normalized spacial score (nSPS) is 10.9. The molecule has 0 saturated carbocycles. The predicted molar refractivity (Wildman–Crippen MR) is 70.3 cm³/mol. The van der Waals surface area contributed by atoms with Gasteiger partial charge >= 0.3 is 0 Å². The van der Waals surface area contributed by atoms with Crippen molar-refractivity contribution < 1.29 is 8.78 Å². The number of hydrogen-bond donors (Lipinski definition) is 1. The summed E-state index contributed by atoms with van der Waals surface area (Å²) in [6.45, 7) is 0. The molecule has 4 nitrogen and oxygen atoms in total. The number of nitrogens with one attached hydrogen (secondary N) is 1. The molecule has 0 aliphatic carbocycles. The van der Waals surface area contributed by atoms with Gasteiger partial charge in [0.2, 0.25) is 0 Å². The van der Waals surface area contributed by atoms with Crippen LogP contribution in [-0.2, 0) is 0 Å². The molecule has 0 bridgehead atoms. The van der Waals surface area contributed by atoms with E-state index in [0.717, 1.165) is 6.07 Å². The largest absolute Gasteiger partial charge is 0.337 e. The zero-order chi connectivity index (χ0) is 13.4. The van der Waals surface area contributed by atoms with E-state index < -0.39 is 11.6 Å². The van der Waals surface area contributed by atoms with Crippen LogP contribution in [0.2, 0.25) is 0 Å². The zero-order valence-electron chi connectivity index (χ0n) is 9.44.